The van der Waals surface area contributed by atoms with Gasteiger partial charge in [-0.2, -0.15) is 0 Å². The molecule has 2 unspecified atom stereocenters. The molecule has 0 saturated carbocycles. The van der Waals surface area contributed by atoms with Crippen LogP contribution in [0.2, 0.25) is 0 Å². The summed E-state index contributed by atoms with van der Waals surface area (Å²) in [4.78, 5) is 4.44. The Labute approximate surface area is 79.2 Å². The summed E-state index contributed by atoms with van der Waals surface area (Å²) >= 11 is 0. The summed E-state index contributed by atoms with van der Waals surface area (Å²) in [6.45, 7) is 7.63. The lowest BCUT2D eigenvalue weighted by molar-refractivity contribution is 0.338. The number of aryl methyl sites for hydroxylation is 1. The molecule has 2 atom stereocenters. The molecule has 1 aromatic rings. The fourth-order valence-corrected chi connectivity index (χ4v) is 2.16. The van der Waals surface area contributed by atoms with Crippen LogP contribution >= 0.6 is 0 Å². The van der Waals surface area contributed by atoms with E-state index in [2.05, 4.69) is 34.9 Å². The number of nitrogens with zero attached hydrogens (tertiary/aromatic N) is 2. The molecule has 2 heterocycles. The molecule has 1 aromatic heterocycles. The summed E-state index contributed by atoms with van der Waals surface area (Å²) in [5.74, 6) is 1.74. The normalized spacial score (nSPS) is 26.7. The second-order valence-corrected chi connectivity index (χ2v) is 3.95. The van der Waals surface area contributed by atoms with Gasteiger partial charge in [0.2, 0.25) is 5.95 Å². The summed E-state index contributed by atoms with van der Waals surface area (Å²) in [6.07, 6.45) is 3.33. The summed E-state index contributed by atoms with van der Waals surface area (Å²) in [5, 5.41) is 3.35. The third-order valence-electron chi connectivity index (χ3n) is 2.87. The van der Waals surface area contributed by atoms with Crippen molar-refractivity contribution >= 4 is 5.95 Å². The highest BCUT2D eigenvalue weighted by atomic mass is 15.2. The average molecular weight is 179 g/mol. The lowest BCUT2D eigenvalue weighted by atomic mass is 9.98. The molecule has 0 amide bonds. The number of anilines is 1. The van der Waals surface area contributed by atoms with Crippen LogP contribution in [0.25, 0.3) is 0 Å². The topological polar surface area (TPSA) is 29.9 Å². The Morgan fingerprint density at radius 1 is 1.69 bits per heavy atom. The highest BCUT2D eigenvalue weighted by Crippen LogP contribution is 2.30. The van der Waals surface area contributed by atoms with Crippen LogP contribution < -0.4 is 5.32 Å². The van der Waals surface area contributed by atoms with Crippen molar-refractivity contribution in [1.82, 2.24) is 9.55 Å². The van der Waals surface area contributed by atoms with E-state index >= 15 is 0 Å². The van der Waals surface area contributed by atoms with Crippen molar-refractivity contribution in [1.29, 1.82) is 0 Å². The molecule has 1 N–H and O–H groups in total. The third-order valence-corrected chi connectivity index (χ3v) is 2.87. The van der Waals surface area contributed by atoms with Gasteiger partial charge in [0.25, 0.3) is 0 Å². The van der Waals surface area contributed by atoms with Crippen molar-refractivity contribution in [2.75, 3.05) is 11.9 Å². The monoisotopic (exact) mass is 179 g/mol. The number of imidazole rings is 1. The van der Waals surface area contributed by atoms with Crippen LogP contribution in [0.15, 0.2) is 6.20 Å². The molecule has 1 aliphatic heterocycles. The maximum atomic E-state index is 4.44. The van der Waals surface area contributed by atoms with Crippen molar-refractivity contribution in [2.45, 2.75) is 33.2 Å². The molecule has 13 heavy (non-hydrogen) atoms. The van der Waals surface area contributed by atoms with Gasteiger partial charge < -0.3 is 9.88 Å². The quantitative estimate of drug-likeness (QED) is 0.716. The molecule has 0 saturated heterocycles. The van der Waals surface area contributed by atoms with E-state index in [1.807, 2.05) is 6.92 Å². The predicted octanol–water partition coefficient (Wildman–Crippen LogP) is 2.20. The lowest BCUT2D eigenvalue weighted by Gasteiger charge is -2.31. The number of rotatable bonds is 1. The number of fused-ring (bicyclic) bond motifs is 1. The second kappa shape index (κ2) is 3.05. The number of hydrogen-bond donors (Lipinski definition) is 1. The molecule has 0 bridgehead atoms. The molecule has 72 valence electrons. The van der Waals surface area contributed by atoms with E-state index in [4.69, 9.17) is 0 Å². The van der Waals surface area contributed by atoms with E-state index in [1.54, 1.807) is 0 Å². The second-order valence-electron chi connectivity index (χ2n) is 3.95. The molecule has 2 rings (SSSR count). The van der Waals surface area contributed by atoms with Gasteiger partial charge in [0.15, 0.2) is 0 Å². The molecule has 3 heteroatoms. The SMILES string of the molecule is CCC1C(C)CNc2nc(C)cn21. The zero-order valence-corrected chi connectivity index (χ0v) is 8.54. The molecular formula is C10H17N3. The van der Waals surface area contributed by atoms with Crippen molar-refractivity contribution in [3.8, 4) is 0 Å². The van der Waals surface area contributed by atoms with Crippen molar-refractivity contribution < 1.29 is 0 Å². The van der Waals surface area contributed by atoms with Gasteiger partial charge in [-0.3, -0.25) is 0 Å². The van der Waals surface area contributed by atoms with Crippen molar-refractivity contribution in [3.63, 3.8) is 0 Å². The Kier molecular flexibility index (Phi) is 2.02. The van der Waals surface area contributed by atoms with Crippen molar-refractivity contribution in [3.05, 3.63) is 11.9 Å². The summed E-state index contributed by atoms with van der Waals surface area (Å²) < 4.78 is 2.28. The number of hydrogen-bond acceptors (Lipinski definition) is 2. The molecule has 0 fully saturated rings. The first kappa shape index (κ1) is 8.60. The highest BCUT2D eigenvalue weighted by Gasteiger charge is 2.24. The third kappa shape index (κ3) is 1.32. The van der Waals surface area contributed by atoms with Crippen LogP contribution in [-0.4, -0.2) is 16.1 Å². The van der Waals surface area contributed by atoms with E-state index in [1.165, 1.54) is 6.42 Å². The molecule has 0 aliphatic carbocycles. The van der Waals surface area contributed by atoms with Gasteiger partial charge in [0, 0.05) is 18.8 Å². The maximum Gasteiger partial charge on any atom is 0.203 e. The Bertz CT molecular complexity index is 303. The van der Waals surface area contributed by atoms with Gasteiger partial charge in [-0.25, -0.2) is 4.98 Å². The van der Waals surface area contributed by atoms with Crippen LogP contribution in [0.1, 0.15) is 32.0 Å². The van der Waals surface area contributed by atoms with Crippen molar-refractivity contribution in [2.24, 2.45) is 5.92 Å². The molecule has 1 aliphatic rings. The molecule has 0 spiro atoms. The predicted molar refractivity (Wildman–Crippen MR) is 53.9 cm³/mol. The van der Waals surface area contributed by atoms with Crippen LogP contribution in [0.4, 0.5) is 5.95 Å². The van der Waals surface area contributed by atoms with Crippen LogP contribution in [0, 0.1) is 12.8 Å². The Morgan fingerprint density at radius 3 is 3.15 bits per heavy atom. The van der Waals surface area contributed by atoms with Gasteiger partial charge in [-0.1, -0.05) is 13.8 Å². The van der Waals surface area contributed by atoms with Crippen LogP contribution in [0.5, 0.6) is 0 Å². The van der Waals surface area contributed by atoms with Gasteiger partial charge in [-0.15, -0.1) is 0 Å². The molecular weight excluding hydrogens is 162 g/mol. The summed E-state index contributed by atoms with van der Waals surface area (Å²) in [5.41, 5.74) is 1.11. The lowest BCUT2D eigenvalue weighted by Crippen LogP contribution is -2.30. The minimum absolute atomic E-state index is 0.623. The first-order valence-electron chi connectivity index (χ1n) is 5.01. The zero-order valence-electron chi connectivity index (χ0n) is 8.54. The van der Waals surface area contributed by atoms with E-state index < -0.39 is 0 Å². The average Bonchev–Trinajstić information content (AvgIpc) is 2.45. The van der Waals surface area contributed by atoms with Gasteiger partial charge in [-0.05, 0) is 19.3 Å². The Hall–Kier alpha value is -0.990. The van der Waals surface area contributed by atoms with E-state index in [0.717, 1.165) is 18.2 Å². The smallest absolute Gasteiger partial charge is 0.203 e. The van der Waals surface area contributed by atoms with E-state index in [9.17, 15) is 0 Å². The van der Waals surface area contributed by atoms with Gasteiger partial charge in [0.05, 0.1) is 5.69 Å². The number of nitrogens with one attached hydrogen (secondary N) is 1. The first-order valence-corrected chi connectivity index (χ1v) is 5.01. The van der Waals surface area contributed by atoms with E-state index in [-0.39, 0.29) is 0 Å². The fraction of sp³-hybridized carbons (Fsp3) is 0.700. The molecule has 0 aromatic carbocycles. The molecule has 0 radical (unpaired) electrons. The Balaban J connectivity index is 2.38. The minimum atomic E-state index is 0.623. The molecule has 3 nitrogen and oxygen atoms in total. The fourth-order valence-electron chi connectivity index (χ4n) is 2.16. The largest absolute Gasteiger partial charge is 0.355 e. The maximum absolute atomic E-state index is 4.44. The van der Waals surface area contributed by atoms with Crippen LogP contribution in [0.3, 0.4) is 0 Å². The van der Waals surface area contributed by atoms with Gasteiger partial charge >= 0.3 is 0 Å². The zero-order chi connectivity index (χ0) is 9.42. The Morgan fingerprint density at radius 2 is 2.46 bits per heavy atom. The minimum Gasteiger partial charge on any atom is -0.355 e. The summed E-state index contributed by atoms with van der Waals surface area (Å²) in [6, 6.07) is 0.623. The summed E-state index contributed by atoms with van der Waals surface area (Å²) in [7, 11) is 0. The first-order chi connectivity index (χ1) is 6.22. The van der Waals surface area contributed by atoms with Crippen LogP contribution in [-0.2, 0) is 0 Å². The van der Waals surface area contributed by atoms with Gasteiger partial charge in [0.1, 0.15) is 0 Å². The number of aromatic nitrogens is 2. The van der Waals surface area contributed by atoms with E-state index in [0.29, 0.717) is 12.0 Å². The standard InChI is InChI=1S/C10H17N3/c1-4-9-7(2)5-11-10-12-8(3)6-13(9)10/h6-7,9H,4-5H2,1-3H3,(H,11,12). The highest BCUT2D eigenvalue weighted by molar-refractivity contribution is 5.32.